The third kappa shape index (κ3) is 3.81. The molecular formula is C16H23NO3. The van der Waals surface area contributed by atoms with Crippen molar-refractivity contribution >= 4 is 5.97 Å². The molecule has 1 aliphatic heterocycles. The quantitative estimate of drug-likeness (QED) is 0.897. The van der Waals surface area contributed by atoms with Crippen molar-refractivity contribution in [1.29, 1.82) is 0 Å². The summed E-state index contributed by atoms with van der Waals surface area (Å²) in [4.78, 5) is 13.4. The Labute approximate surface area is 120 Å². The average Bonchev–Trinajstić information content (AvgIpc) is 2.39. The predicted molar refractivity (Wildman–Crippen MR) is 77.8 cm³/mol. The number of carboxylic acids is 1. The molecule has 20 heavy (non-hydrogen) atoms. The summed E-state index contributed by atoms with van der Waals surface area (Å²) in [6, 6.07) is 8.17. The van der Waals surface area contributed by atoms with Gasteiger partial charge in [-0.1, -0.05) is 38.1 Å². The number of carbonyl (C=O) groups is 1. The summed E-state index contributed by atoms with van der Waals surface area (Å²) in [6.07, 6.45) is 0.146. The number of ether oxygens (including phenoxy) is 1. The Morgan fingerprint density at radius 3 is 2.60 bits per heavy atom. The normalized spacial score (nSPS) is 17.1. The zero-order valence-electron chi connectivity index (χ0n) is 12.3. The number of morpholine rings is 1. The van der Waals surface area contributed by atoms with E-state index >= 15 is 0 Å². The molecular weight excluding hydrogens is 254 g/mol. The highest BCUT2D eigenvalue weighted by atomic mass is 16.5. The van der Waals surface area contributed by atoms with Gasteiger partial charge in [0, 0.05) is 25.0 Å². The molecule has 0 saturated carbocycles. The second-order valence-corrected chi connectivity index (χ2v) is 6.00. The molecule has 1 fully saturated rings. The van der Waals surface area contributed by atoms with Crippen molar-refractivity contribution in [2.24, 2.45) is 0 Å². The van der Waals surface area contributed by atoms with Crippen molar-refractivity contribution in [3.05, 3.63) is 35.4 Å². The van der Waals surface area contributed by atoms with Crippen LogP contribution < -0.4 is 0 Å². The average molecular weight is 277 g/mol. The van der Waals surface area contributed by atoms with E-state index in [1.165, 1.54) is 5.56 Å². The van der Waals surface area contributed by atoms with Gasteiger partial charge in [-0.25, -0.2) is 0 Å². The van der Waals surface area contributed by atoms with Crippen molar-refractivity contribution < 1.29 is 14.6 Å². The summed E-state index contributed by atoms with van der Waals surface area (Å²) in [6.45, 7) is 8.30. The molecule has 1 aromatic carbocycles. The minimum atomic E-state index is -0.754. The molecule has 110 valence electrons. The van der Waals surface area contributed by atoms with E-state index in [4.69, 9.17) is 9.84 Å². The third-order valence-corrected chi connectivity index (χ3v) is 3.84. The maximum absolute atomic E-state index is 11.1. The first-order valence-corrected chi connectivity index (χ1v) is 7.09. The Kier molecular flexibility index (Phi) is 4.78. The molecule has 4 heteroatoms. The van der Waals surface area contributed by atoms with Gasteiger partial charge in [0.15, 0.2) is 0 Å². The SMILES string of the molecule is CC(C)(CC(=O)O)c1ccccc1CN1CCOCC1. The predicted octanol–water partition coefficient (Wildman–Crippen LogP) is 2.27. The second kappa shape index (κ2) is 6.37. The third-order valence-electron chi connectivity index (χ3n) is 3.84. The highest BCUT2D eigenvalue weighted by Gasteiger charge is 2.27. The first kappa shape index (κ1) is 15.0. The number of carboxylic acid groups (broad SMARTS) is 1. The standard InChI is InChI=1S/C16H23NO3/c1-16(2,11-15(18)19)14-6-4-3-5-13(14)12-17-7-9-20-10-8-17/h3-6H,7-12H2,1-2H3,(H,18,19). The van der Waals surface area contributed by atoms with E-state index in [0.717, 1.165) is 38.4 Å². The molecule has 1 aliphatic rings. The van der Waals surface area contributed by atoms with Crippen LogP contribution in [0.4, 0.5) is 0 Å². The number of hydrogen-bond acceptors (Lipinski definition) is 3. The Morgan fingerprint density at radius 2 is 1.95 bits per heavy atom. The summed E-state index contributed by atoms with van der Waals surface area (Å²) < 4.78 is 5.37. The Hall–Kier alpha value is -1.39. The fourth-order valence-corrected chi connectivity index (χ4v) is 2.79. The van der Waals surface area contributed by atoms with Gasteiger partial charge in [0.05, 0.1) is 19.6 Å². The van der Waals surface area contributed by atoms with E-state index in [1.807, 2.05) is 26.0 Å². The Bertz CT molecular complexity index is 465. The number of hydrogen-bond donors (Lipinski definition) is 1. The molecule has 0 aromatic heterocycles. The molecule has 0 unspecified atom stereocenters. The largest absolute Gasteiger partial charge is 0.481 e. The fraction of sp³-hybridized carbons (Fsp3) is 0.562. The van der Waals surface area contributed by atoms with Gasteiger partial charge in [-0.15, -0.1) is 0 Å². The van der Waals surface area contributed by atoms with Crippen molar-refractivity contribution in [3.63, 3.8) is 0 Å². The molecule has 0 spiro atoms. The van der Waals surface area contributed by atoms with Crippen LogP contribution in [0.15, 0.2) is 24.3 Å². The van der Waals surface area contributed by atoms with Crippen molar-refractivity contribution in [2.75, 3.05) is 26.3 Å². The molecule has 0 amide bonds. The van der Waals surface area contributed by atoms with Gasteiger partial charge in [-0.2, -0.15) is 0 Å². The lowest BCUT2D eigenvalue weighted by Crippen LogP contribution is -2.36. The minimum absolute atomic E-state index is 0.146. The fourth-order valence-electron chi connectivity index (χ4n) is 2.79. The van der Waals surface area contributed by atoms with Crippen LogP contribution in [0.25, 0.3) is 0 Å². The van der Waals surface area contributed by atoms with E-state index in [1.54, 1.807) is 0 Å². The van der Waals surface area contributed by atoms with Crippen LogP contribution in [0.3, 0.4) is 0 Å². The highest BCUT2D eigenvalue weighted by Crippen LogP contribution is 2.30. The van der Waals surface area contributed by atoms with E-state index < -0.39 is 5.97 Å². The Balaban J connectivity index is 2.18. The molecule has 4 nitrogen and oxygen atoms in total. The molecule has 1 N–H and O–H groups in total. The van der Waals surface area contributed by atoms with Gasteiger partial charge in [-0.05, 0) is 11.1 Å². The lowest BCUT2D eigenvalue weighted by Gasteiger charge is -2.31. The molecule has 0 atom stereocenters. The lowest BCUT2D eigenvalue weighted by molar-refractivity contribution is -0.138. The van der Waals surface area contributed by atoms with E-state index in [-0.39, 0.29) is 11.8 Å². The van der Waals surface area contributed by atoms with Crippen molar-refractivity contribution in [1.82, 2.24) is 4.90 Å². The van der Waals surface area contributed by atoms with Gasteiger partial charge >= 0.3 is 5.97 Å². The van der Waals surface area contributed by atoms with E-state index in [2.05, 4.69) is 17.0 Å². The maximum Gasteiger partial charge on any atom is 0.304 e. The van der Waals surface area contributed by atoms with Crippen LogP contribution in [0, 0.1) is 0 Å². The van der Waals surface area contributed by atoms with Gasteiger partial charge in [0.1, 0.15) is 0 Å². The molecule has 0 aliphatic carbocycles. The number of benzene rings is 1. The molecule has 1 aromatic rings. The van der Waals surface area contributed by atoms with Crippen LogP contribution in [0.2, 0.25) is 0 Å². The Morgan fingerprint density at radius 1 is 1.30 bits per heavy atom. The first-order valence-electron chi connectivity index (χ1n) is 7.09. The second-order valence-electron chi connectivity index (χ2n) is 6.00. The maximum atomic E-state index is 11.1. The van der Waals surface area contributed by atoms with E-state index in [0.29, 0.717) is 0 Å². The van der Waals surface area contributed by atoms with Crippen LogP contribution in [-0.2, 0) is 21.5 Å². The first-order chi connectivity index (χ1) is 9.49. The summed E-state index contributed by atoms with van der Waals surface area (Å²) in [5, 5.41) is 9.10. The smallest absolute Gasteiger partial charge is 0.304 e. The summed E-state index contributed by atoms with van der Waals surface area (Å²) >= 11 is 0. The van der Waals surface area contributed by atoms with Crippen molar-refractivity contribution in [2.45, 2.75) is 32.2 Å². The zero-order valence-corrected chi connectivity index (χ0v) is 12.3. The van der Waals surface area contributed by atoms with Crippen LogP contribution in [0.1, 0.15) is 31.4 Å². The molecule has 2 rings (SSSR count). The van der Waals surface area contributed by atoms with Crippen LogP contribution >= 0.6 is 0 Å². The molecule has 0 radical (unpaired) electrons. The molecule has 1 heterocycles. The van der Waals surface area contributed by atoms with Crippen molar-refractivity contribution in [3.8, 4) is 0 Å². The van der Waals surface area contributed by atoms with Gasteiger partial charge in [0.25, 0.3) is 0 Å². The molecule has 0 bridgehead atoms. The minimum Gasteiger partial charge on any atom is -0.481 e. The number of rotatable bonds is 5. The van der Waals surface area contributed by atoms with Gasteiger partial charge < -0.3 is 9.84 Å². The monoisotopic (exact) mass is 277 g/mol. The lowest BCUT2D eigenvalue weighted by atomic mass is 9.79. The summed E-state index contributed by atoms with van der Waals surface area (Å²) in [5.41, 5.74) is 2.00. The topological polar surface area (TPSA) is 49.8 Å². The van der Waals surface area contributed by atoms with E-state index in [9.17, 15) is 4.79 Å². The zero-order chi connectivity index (χ0) is 14.6. The summed E-state index contributed by atoms with van der Waals surface area (Å²) in [7, 11) is 0. The van der Waals surface area contributed by atoms with Gasteiger partial charge in [0.2, 0.25) is 0 Å². The van der Waals surface area contributed by atoms with Crippen LogP contribution in [0.5, 0.6) is 0 Å². The molecule has 1 saturated heterocycles. The summed E-state index contributed by atoms with van der Waals surface area (Å²) in [5.74, 6) is -0.754. The number of nitrogens with zero attached hydrogens (tertiary/aromatic N) is 1. The van der Waals surface area contributed by atoms with Crippen LogP contribution in [-0.4, -0.2) is 42.3 Å². The van der Waals surface area contributed by atoms with Gasteiger partial charge in [-0.3, -0.25) is 9.69 Å². The number of aliphatic carboxylic acids is 1. The highest BCUT2D eigenvalue weighted by molar-refractivity contribution is 5.69.